The summed E-state index contributed by atoms with van der Waals surface area (Å²) in [5.74, 6) is 0.000119. The van der Waals surface area contributed by atoms with Crippen molar-refractivity contribution in [2.45, 2.75) is 131 Å². The average Bonchev–Trinajstić information content (AvgIpc) is 3.25. The number of carbonyl (C=O) groups excluding carboxylic acids is 2. The summed E-state index contributed by atoms with van der Waals surface area (Å²) in [7, 11) is -0.545. The first-order chi connectivity index (χ1) is 19.5. The Morgan fingerprint density at radius 3 is 2.50 bits per heavy atom. The number of nitro groups is 1. The number of rotatable bonds is 16. The van der Waals surface area contributed by atoms with Gasteiger partial charge in [-0.1, -0.05) is 66.7 Å². The smallest absolute Gasteiger partial charge is 0.404 e. The first-order valence-corrected chi connectivity index (χ1v) is 15.9. The third-order valence-corrected chi connectivity index (χ3v) is 10.3. The van der Waals surface area contributed by atoms with Crippen molar-refractivity contribution in [2.75, 3.05) is 6.54 Å². The summed E-state index contributed by atoms with van der Waals surface area (Å²) in [6, 6.07) is 0. The van der Waals surface area contributed by atoms with E-state index in [1.54, 1.807) is 0 Å². The number of unbranched alkanes of at least 4 members (excludes halogenated alkanes) is 1. The van der Waals surface area contributed by atoms with Crippen LogP contribution >= 0.6 is 0 Å². The second-order valence-corrected chi connectivity index (χ2v) is 14.7. The summed E-state index contributed by atoms with van der Waals surface area (Å²) in [4.78, 5) is 41.9. The number of ketones is 1. The largest absolute Gasteiger partial charge is 0.481 e. The van der Waals surface area contributed by atoms with E-state index < -0.39 is 23.5 Å². The average molecular weight is 592 g/mol. The molecule has 0 aromatic rings. The maximum atomic E-state index is 13.9. The number of amides is 1. The number of aliphatic imine (C=N–C) groups is 1. The molecule has 2 bridgehead atoms. The van der Waals surface area contributed by atoms with E-state index in [9.17, 15) is 19.7 Å². The first kappa shape index (κ1) is 34.3. The van der Waals surface area contributed by atoms with Crippen LogP contribution in [-0.4, -0.2) is 54.0 Å². The molecule has 4 N–H and O–H groups in total. The van der Waals surface area contributed by atoms with Gasteiger partial charge < -0.3 is 20.4 Å². The normalized spacial score (nSPS) is 28.1. The third-order valence-electron chi connectivity index (χ3n) is 10.3. The number of Topliss-reactive ketones (excluding diaryl/α,β-unsaturated/α-hetero) is 1. The molecule has 0 unspecified atom stereocenters. The molecule has 0 aromatic carbocycles. The second-order valence-electron chi connectivity index (χ2n) is 14.7. The molecule has 11 nitrogen and oxygen atoms in total. The zero-order valence-electron chi connectivity index (χ0n) is 27.0. The fraction of sp³-hybridized carbons (Fsp3) is 0.900. The molecule has 3 aliphatic carbocycles. The molecule has 238 valence electrons. The molecule has 4 fully saturated rings. The lowest BCUT2D eigenvalue weighted by atomic mass is 9.43. The van der Waals surface area contributed by atoms with E-state index in [2.05, 4.69) is 51.9 Å². The predicted molar refractivity (Wildman–Crippen MR) is 164 cm³/mol. The minimum absolute atomic E-state index is 0.0127. The zero-order valence-corrected chi connectivity index (χ0v) is 27.0. The fourth-order valence-corrected chi connectivity index (χ4v) is 7.37. The van der Waals surface area contributed by atoms with E-state index in [0.717, 1.165) is 32.1 Å². The van der Waals surface area contributed by atoms with Gasteiger partial charge in [-0.05, 0) is 68.6 Å². The van der Waals surface area contributed by atoms with Gasteiger partial charge >= 0.3 is 7.12 Å². The highest BCUT2D eigenvalue weighted by Crippen LogP contribution is 2.65. The lowest BCUT2D eigenvalue weighted by Crippen LogP contribution is -2.65. The van der Waals surface area contributed by atoms with Crippen LogP contribution in [0.15, 0.2) is 4.99 Å². The van der Waals surface area contributed by atoms with E-state index in [4.69, 9.17) is 15.0 Å². The lowest BCUT2D eigenvalue weighted by Gasteiger charge is -2.64. The molecule has 4 rings (SSSR count). The van der Waals surface area contributed by atoms with Crippen molar-refractivity contribution in [3.8, 4) is 0 Å². The van der Waals surface area contributed by atoms with Crippen molar-refractivity contribution >= 4 is 24.8 Å². The number of carbonyl (C=O) groups is 2. The molecule has 1 aliphatic heterocycles. The van der Waals surface area contributed by atoms with Crippen molar-refractivity contribution in [3.63, 3.8) is 0 Å². The molecule has 12 heteroatoms. The molecule has 1 amide bonds. The van der Waals surface area contributed by atoms with E-state index >= 15 is 0 Å². The molecule has 4 aliphatic rings. The molecule has 3 saturated carbocycles. The number of guanidine groups is 1. The van der Waals surface area contributed by atoms with Crippen LogP contribution in [0.1, 0.15) is 113 Å². The summed E-state index contributed by atoms with van der Waals surface area (Å²) >= 11 is 0. The van der Waals surface area contributed by atoms with Crippen LogP contribution in [0.3, 0.4) is 0 Å². The molecule has 0 spiro atoms. The minimum atomic E-state index is -0.769. The number of nitrogens with zero attached hydrogens (tertiary/aromatic N) is 2. The highest BCUT2D eigenvalue weighted by molar-refractivity contribution is 6.47. The number of nitrogens with two attached hydrogens (primary N) is 1. The Kier molecular flexibility index (Phi) is 11.1. The van der Waals surface area contributed by atoms with Gasteiger partial charge in [-0.3, -0.25) is 9.59 Å². The molecule has 1 heterocycles. The molecule has 0 aromatic heterocycles. The van der Waals surface area contributed by atoms with Crippen molar-refractivity contribution < 1.29 is 23.9 Å². The monoisotopic (exact) mass is 591 g/mol. The second kappa shape index (κ2) is 13.6. The fourth-order valence-electron chi connectivity index (χ4n) is 7.37. The summed E-state index contributed by atoms with van der Waals surface area (Å²) in [6.07, 6.45) is 6.49. The number of nitrogens with one attached hydrogen (secondary N) is 2. The standard InChI is InChI=1S/C30H54BN5O6/c1-9-10-13-28(4,5)23(37)16-20(12-11-14-33-27(32)35-36(39)40)26(38)34-25(15-19(2)3)31-41-24-18-21-17-22(29(21,6)7)30(24,8)42-31/h19-22,24-25H,9-18H2,1-8H3,(H,34,38)(H3,32,33,35)/t20-,21-,22-,24-,25+,30+/m1/s1. The lowest BCUT2D eigenvalue weighted by molar-refractivity contribution is -0.525. The molecular weight excluding hydrogens is 537 g/mol. The van der Waals surface area contributed by atoms with Gasteiger partial charge in [0, 0.05) is 24.3 Å². The van der Waals surface area contributed by atoms with Gasteiger partial charge in [-0.2, -0.15) is 0 Å². The van der Waals surface area contributed by atoms with Crippen molar-refractivity contribution in [1.82, 2.24) is 10.7 Å². The molecular formula is C30H54BN5O6. The zero-order chi connectivity index (χ0) is 31.5. The Labute approximate surface area is 252 Å². The quantitative estimate of drug-likeness (QED) is 0.0593. The van der Waals surface area contributed by atoms with Crippen LogP contribution in [0, 0.1) is 44.6 Å². The summed E-state index contributed by atoms with van der Waals surface area (Å²) in [6.45, 7) is 17.2. The van der Waals surface area contributed by atoms with Gasteiger partial charge in [0.1, 0.15) is 5.78 Å². The van der Waals surface area contributed by atoms with Gasteiger partial charge in [-0.25, -0.2) is 15.1 Å². The van der Waals surface area contributed by atoms with Crippen molar-refractivity contribution in [3.05, 3.63) is 10.1 Å². The van der Waals surface area contributed by atoms with Gasteiger partial charge in [0.25, 0.3) is 5.96 Å². The minimum Gasteiger partial charge on any atom is -0.404 e. The first-order valence-electron chi connectivity index (χ1n) is 15.9. The van der Waals surface area contributed by atoms with Gasteiger partial charge in [0.2, 0.25) is 5.91 Å². The molecule has 42 heavy (non-hydrogen) atoms. The highest BCUT2D eigenvalue weighted by Gasteiger charge is 2.68. The van der Waals surface area contributed by atoms with Crippen LogP contribution in [0.4, 0.5) is 0 Å². The van der Waals surface area contributed by atoms with E-state index in [1.807, 2.05) is 19.3 Å². The van der Waals surface area contributed by atoms with E-state index in [-0.39, 0.29) is 53.7 Å². The van der Waals surface area contributed by atoms with Crippen LogP contribution in [0.2, 0.25) is 0 Å². The molecule has 6 atom stereocenters. The Hall–Kier alpha value is -2.21. The Bertz CT molecular complexity index is 1020. The summed E-state index contributed by atoms with van der Waals surface area (Å²) in [5, 5.41) is 13.1. The Balaban J connectivity index is 1.73. The topological polar surface area (TPSA) is 158 Å². The van der Waals surface area contributed by atoms with E-state index in [0.29, 0.717) is 37.0 Å². The highest BCUT2D eigenvalue weighted by atomic mass is 16.7. The summed E-state index contributed by atoms with van der Waals surface area (Å²) in [5.41, 5.74) is 6.68. The Morgan fingerprint density at radius 2 is 1.90 bits per heavy atom. The maximum Gasteiger partial charge on any atom is 0.481 e. The van der Waals surface area contributed by atoms with Gasteiger partial charge in [0.05, 0.1) is 17.6 Å². The van der Waals surface area contributed by atoms with Gasteiger partial charge in [0.15, 0.2) is 5.03 Å². The van der Waals surface area contributed by atoms with Gasteiger partial charge in [-0.15, -0.1) is 0 Å². The van der Waals surface area contributed by atoms with E-state index in [1.165, 1.54) is 0 Å². The summed E-state index contributed by atoms with van der Waals surface area (Å²) < 4.78 is 13.3. The number of hydrogen-bond acceptors (Lipinski definition) is 7. The van der Waals surface area contributed by atoms with Crippen LogP contribution in [-0.2, 0) is 18.9 Å². The van der Waals surface area contributed by atoms with Crippen molar-refractivity contribution in [2.24, 2.45) is 45.2 Å². The SMILES string of the molecule is CCCCC(C)(C)C(=O)C[C@@H](CCCN=C(N)N[N+](=O)[O-])C(=O)N[C@@H](CC(C)C)B1O[C@@H]2C[C@H]3C[C@H](C3(C)C)[C@]2(C)O1. The number of hydrogen-bond donors (Lipinski definition) is 3. The maximum absolute atomic E-state index is 13.9. The van der Waals surface area contributed by atoms with Crippen LogP contribution in [0.5, 0.6) is 0 Å². The third kappa shape index (κ3) is 7.84. The predicted octanol–water partition coefficient (Wildman–Crippen LogP) is 4.45. The molecule has 1 saturated heterocycles. The van der Waals surface area contributed by atoms with Crippen LogP contribution in [0.25, 0.3) is 0 Å². The van der Waals surface area contributed by atoms with Crippen LogP contribution < -0.4 is 16.5 Å². The number of hydrazine groups is 1. The van der Waals surface area contributed by atoms with Crippen molar-refractivity contribution in [1.29, 1.82) is 0 Å². The Morgan fingerprint density at radius 1 is 1.21 bits per heavy atom. The molecule has 0 radical (unpaired) electrons.